The predicted octanol–water partition coefficient (Wildman–Crippen LogP) is 4.45. The SMILES string of the molecule is CCCCCCCCCC(C)S. The van der Waals surface area contributed by atoms with Gasteiger partial charge in [0.25, 0.3) is 0 Å². The molecule has 0 nitrogen and oxygen atoms in total. The van der Waals surface area contributed by atoms with Crippen molar-refractivity contribution < 1.29 is 0 Å². The monoisotopic (exact) mass is 188 g/mol. The number of rotatable bonds is 8. The summed E-state index contributed by atoms with van der Waals surface area (Å²) in [5, 5.41) is 0.598. The van der Waals surface area contributed by atoms with Crippen LogP contribution in [0.1, 0.15) is 65.2 Å². The maximum Gasteiger partial charge on any atom is -0.00116 e. The first-order valence-corrected chi connectivity index (χ1v) is 5.97. The van der Waals surface area contributed by atoms with Crippen LogP contribution in [0, 0.1) is 0 Å². The topological polar surface area (TPSA) is 0 Å². The summed E-state index contributed by atoms with van der Waals surface area (Å²) in [4.78, 5) is 0. The van der Waals surface area contributed by atoms with Gasteiger partial charge < -0.3 is 0 Å². The Balaban J connectivity index is 2.82. The van der Waals surface area contributed by atoms with E-state index in [1.54, 1.807) is 0 Å². The van der Waals surface area contributed by atoms with Crippen molar-refractivity contribution in [3.63, 3.8) is 0 Å². The molecule has 0 aliphatic carbocycles. The fourth-order valence-corrected chi connectivity index (χ4v) is 1.58. The van der Waals surface area contributed by atoms with Crippen LogP contribution in [-0.2, 0) is 0 Å². The minimum atomic E-state index is 0.598. The van der Waals surface area contributed by atoms with Gasteiger partial charge in [-0.25, -0.2) is 0 Å². The van der Waals surface area contributed by atoms with Gasteiger partial charge in [0.2, 0.25) is 0 Å². The van der Waals surface area contributed by atoms with E-state index in [2.05, 4.69) is 26.5 Å². The first-order valence-electron chi connectivity index (χ1n) is 5.45. The summed E-state index contributed by atoms with van der Waals surface area (Å²) < 4.78 is 0. The smallest absolute Gasteiger partial charge is 0.00116 e. The fourth-order valence-electron chi connectivity index (χ4n) is 1.40. The van der Waals surface area contributed by atoms with Crippen LogP contribution >= 0.6 is 12.6 Å². The van der Waals surface area contributed by atoms with E-state index in [0.717, 1.165) is 0 Å². The zero-order chi connectivity index (χ0) is 9.23. The first kappa shape index (κ1) is 12.3. The highest BCUT2D eigenvalue weighted by Gasteiger charge is 1.94. The average Bonchev–Trinajstić information content (AvgIpc) is 2.02. The number of hydrogen-bond donors (Lipinski definition) is 1. The second kappa shape index (κ2) is 9.44. The molecule has 74 valence electrons. The van der Waals surface area contributed by atoms with E-state index in [-0.39, 0.29) is 0 Å². The largest absolute Gasteiger partial charge is 0.176 e. The van der Waals surface area contributed by atoms with Gasteiger partial charge in [0, 0.05) is 0 Å². The molecule has 0 aromatic carbocycles. The molecule has 1 atom stereocenters. The Morgan fingerprint density at radius 1 is 0.917 bits per heavy atom. The number of unbranched alkanes of at least 4 members (excludes halogenated alkanes) is 6. The molecule has 0 saturated carbocycles. The molecule has 0 heterocycles. The van der Waals surface area contributed by atoms with E-state index in [0.29, 0.717) is 5.25 Å². The van der Waals surface area contributed by atoms with Gasteiger partial charge in [0.05, 0.1) is 0 Å². The van der Waals surface area contributed by atoms with Gasteiger partial charge in [0.1, 0.15) is 0 Å². The molecule has 0 bridgehead atoms. The average molecular weight is 188 g/mol. The van der Waals surface area contributed by atoms with Crippen molar-refractivity contribution in [3.05, 3.63) is 0 Å². The van der Waals surface area contributed by atoms with Gasteiger partial charge in [0.15, 0.2) is 0 Å². The molecule has 1 unspecified atom stereocenters. The lowest BCUT2D eigenvalue weighted by Gasteiger charge is -2.03. The predicted molar refractivity (Wildman–Crippen MR) is 61.1 cm³/mol. The lowest BCUT2D eigenvalue weighted by molar-refractivity contribution is 0.575. The van der Waals surface area contributed by atoms with E-state index in [9.17, 15) is 0 Å². The summed E-state index contributed by atoms with van der Waals surface area (Å²) in [7, 11) is 0. The van der Waals surface area contributed by atoms with Crippen LogP contribution < -0.4 is 0 Å². The molecule has 0 N–H and O–H groups in total. The third-order valence-electron chi connectivity index (χ3n) is 2.23. The van der Waals surface area contributed by atoms with E-state index in [1.807, 2.05) is 0 Å². The molecule has 0 amide bonds. The lowest BCUT2D eigenvalue weighted by Crippen LogP contribution is -1.90. The van der Waals surface area contributed by atoms with Gasteiger partial charge in [-0.3, -0.25) is 0 Å². The minimum Gasteiger partial charge on any atom is -0.176 e. The summed E-state index contributed by atoms with van der Waals surface area (Å²) in [6.07, 6.45) is 11.2. The Morgan fingerprint density at radius 2 is 1.42 bits per heavy atom. The number of thiol groups is 1. The summed E-state index contributed by atoms with van der Waals surface area (Å²) in [6.45, 7) is 4.45. The van der Waals surface area contributed by atoms with Crippen molar-refractivity contribution >= 4 is 12.6 Å². The summed E-state index contributed by atoms with van der Waals surface area (Å²) in [5.74, 6) is 0. The van der Waals surface area contributed by atoms with Crippen molar-refractivity contribution in [2.75, 3.05) is 0 Å². The van der Waals surface area contributed by atoms with Crippen molar-refractivity contribution in [1.82, 2.24) is 0 Å². The minimum absolute atomic E-state index is 0.598. The van der Waals surface area contributed by atoms with Crippen LogP contribution in [0.5, 0.6) is 0 Å². The molecule has 0 fully saturated rings. The molecule has 12 heavy (non-hydrogen) atoms. The molecular formula is C11H24S. The van der Waals surface area contributed by atoms with Gasteiger partial charge in [-0.1, -0.05) is 58.8 Å². The van der Waals surface area contributed by atoms with Crippen LogP contribution in [0.3, 0.4) is 0 Å². The highest BCUT2D eigenvalue weighted by Crippen LogP contribution is 2.11. The first-order chi connectivity index (χ1) is 5.77. The third-order valence-corrected chi connectivity index (χ3v) is 2.48. The standard InChI is InChI=1S/C11H24S/c1-3-4-5-6-7-8-9-10-11(2)12/h11-12H,3-10H2,1-2H3. The molecule has 1 heteroatoms. The molecule has 0 aromatic rings. The highest BCUT2D eigenvalue weighted by atomic mass is 32.1. The third kappa shape index (κ3) is 10.3. The van der Waals surface area contributed by atoms with E-state index in [4.69, 9.17) is 0 Å². The van der Waals surface area contributed by atoms with Crippen molar-refractivity contribution in [2.45, 2.75) is 70.5 Å². The maximum absolute atomic E-state index is 4.36. The number of hydrogen-bond acceptors (Lipinski definition) is 1. The summed E-state index contributed by atoms with van der Waals surface area (Å²) in [5.41, 5.74) is 0. The van der Waals surface area contributed by atoms with Crippen LogP contribution in [-0.4, -0.2) is 5.25 Å². The van der Waals surface area contributed by atoms with Crippen molar-refractivity contribution in [2.24, 2.45) is 0 Å². The molecule has 0 aliphatic heterocycles. The van der Waals surface area contributed by atoms with E-state index < -0.39 is 0 Å². The zero-order valence-corrected chi connectivity index (χ0v) is 9.58. The Hall–Kier alpha value is 0.350. The molecule has 0 spiro atoms. The van der Waals surface area contributed by atoms with Crippen LogP contribution in [0.2, 0.25) is 0 Å². The van der Waals surface area contributed by atoms with Gasteiger partial charge in [-0.2, -0.15) is 12.6 Å². The normalized spacial score (nSPS) is 13.2. The van der Waals surface area contributed by atoms with Gasteiger partial charge >= 0.3 is 0 Å². The Labute approximate surface area is 83.5 Å². The van der Waals surface area contributed by atoms with Gasteiger partial charge in [-0.05, 0) is 11.7 Å². The second-order valence-corrected chi connectivity index (χ2v) is 4.64. The summed E-state index contributed by atoms with van der Waals surface area (Å²) >= 11 is 4.36. The van der Waals surface area contributed by atoms with Crippen LogP contribution in [0.4, 0.5) is 0 Å². The maximum atomic E-state index is 4.36. The molecule has 0 aromatic heterocycles. The Morgan fingerprint density at radius 3 is 1.92 bits per heavy atom. The van der Waals surface area contributed by atoms with Crippen LogP contribution in [0.25, 0.3) is 0 Å². The molecule has 0 rings (SSSR count). The van der Waals surface area contributed by atoms with E-state index in [1.165, 1.54) is 51.4 Å². The van der Waals surface area contributed by atoms with Gasteiger partial charge in [-0.15, -0.1) is 0 Å². The summed E-state index contributed by atoms with van der Waals surface area (Å²) in [6, 6.07) is 0. The lowest BCUT2D eigenvalue weighted by atomic mass is 10.1. The molecular weight excluding hydrogens is 164 g/mol. The zero-order valence-electron chi connectivity index (χ0n) is 8.68. The molecule has 0 saturated heterocycles. The van der Waals surface area contributed by atoms with Crippen LogP contribution in [0.15, 0.2) is 0 Å². The molecule has 0 aliphatic rings. The highest BCUT2D eigenvalue weighted by molar-refractivity contribution is 7.80. The van der Waals surface area contributed by atoms with E-state index >= 15 is 0 Å². The molecule has 0 radical (unpaired) electrons. The second-order valence-electron chi connectivity index (χ2n) is 3.76. The Kier molecular flexibility index (Phi) is 9.71. The van der Waals surface area contributed by atoms with Crippen molar-refractivity contribution in [1.29, 1.82) is 0 Å². The fraction of sp³-hybridized carbons (Fsp3) is 1.00. The Bertz CT molecular complexity index is 79.1. The quantitative estimate of drug-likeness (QED) is 0.422. The van der Waals surface area contributed by atoms with Crippen molar-refractivity contribution in [3.8, 4) is 0 Å².